The summed E-state index contributed by atoms with van der Waals surface area (Å²) in [4.78, 5) is 14.1. The summed E-state index contributed by atoms with van der Waals surface area (Å²) in [7, 11) is 0. The van der Waals surface area contributed by atoms with Gasteiger partial charge in [-0.15, -0.1) is 0 Å². The van der Waals surface area contributed by atoms with Gasteiger partial charge in [-0.05, 0) is 43.0 Å². The van der Waals surface area contributed by atoms with Gasteiger partial charge in [-0.25, -0.2) is 4.79 Å². The van der Waals surface area contributed by atoms with Gasteiger partial charge in [-0.3, -0.25) is 10.4 Å². The summed E-state index contributed by atoms with van der Waals surface area (Å²) in [6.45, 7) is 3.20. The van der Waals surface area contributed by atoms with Crippen LogP contribution in [0.3, 0.4) is 0 Å². The number of fused-ring (bicyclic) bond motifs is 1. The molecule has 4 rings (SSSR count). The molecule has 6 heteroatoms. The van der Waals surface area contributed by atoms with Gasteiger partial charge in [0.2, 0.25) is 0 Å². The normalized spacial score (nSPS) is 15.4. The van der Waals surface area contributed by atoms with Crippen molar-refractivity contribution in [1.29, 1.82) is 0 Å². The Bertz CT molecular complexity index is 942. The van der Waals surface area contributed by atoms with Crippen LogP contribution in [0.25, 0.3) is 22.0 Å². The number of benzene rings is 2. The van der Waals surface area contributed by atoms with Crippen molar-refractivity contribution in [2.24, 2.45) is 0 Å². The Morgan fingerprint density at radius 1 is 1.19 bits per heavy atom. The number of carbonyl (C=O) groups is 1. The maximum Gasteiger partial charge on any atom is 0.323 e. The second-order valence-electron chi connectivity index (χ2n) is 6.85. The lowest BCUT2D eigenvalue weighted by molar-refractivity contribution is 0.0972. The molecule has 26 heavy (non-hydrogen) atoms. The van der Waals surface area contributed by atoms with Crippen LogP contribution in [0.4, 0.5) is 10.6 Å². The topological polar surface area (TPSA) is 81.2 Å². The van der Waals surface area contributed by atoms with E-state index >= 15 is 0 Å². The minimum absolute atomic E-state index is 0.173. The zero-order valence-electron chi connectivity index (χ0n) is 14.7. The Balaban J connectivity index is 1.55. The molecule has 2 amide bonds. The van der Waals surface area contributed by atoms with Crippen molar-refractivity contribution in [3.8, 4) is 11.1 Å². The van der Waals surface area contributed by atoms with Gasteiger partial charge < -0.3 is 10.0 Å². The molecule has 0 aliphatic carbocycles. The van der Waals surface area contributed by atoms with Crippen LogP contribution in [0.5, 0.6) is 0 Å². The smallest absolute Gasteiger partial charge is 0.323 e. The molecule has 0 saturated carbocycles. The predicted octanol–water partition coefficient (Wildman–Crippen LogP) is 3.53. The lowest BCUT2D eigenvalue weighted by atomic mass is 10.0. The first-order chi connectivity index (χ1) is 12.6. The Morgan fingerprint density at radius 3 is 2.73 bits per heavy atom. The van der Waals surface area contributed by atoms with Crippen LogP contribution in [0, 0.1) is 6.92 Å². The van der Waals surface area contributed by atoms with E-state index in [0.29, 0.717) is 31.7 Å². The lowest BCUT2D eigenvalue weighted by Crippen LogP contribution is -2.42. The summed E-state index contributed by atoms with van der Waals surface area (Å²) in [5, 5.41) is 20.6. The summed E-state index contributed by atoms with van der Waals surface area (Å²) >= 11 is 0. The minimum atomic E-state index is -0.301. The standard InChI is InChI=1S/C20H22N4O2/c1-13-3-2-4-14(11-13)15-5-6-17-18(12-15)22-23-19(17)21-20(26)24-9-7-16(25)8-10-24/h2-6,11-12,16,25H,7-10H2,1H3,(H2,21,22,23,26). The van der Waals surface area contributed by atoms with E-state index in [1.165, 1.54) is 5.56 Å². The van der Waals surface area contributed by atoms with Gasteiger partial charge in [-0.2, -0.15) is 5.10 Å². The highest BCUT2D eigenvalue weighted by Gasteiger charge is 2.22. The Kier molecular flexibility index (Phi) is 4.34. The zero-order valence-corrected chi connectivity index (χ0v) is 14.7. The van der Waals surface area contributed by atoms with E-state index in [-0.39, 0.29) is 12.1 Å². The van der Waals surface area contributed by atoms with Gasteiger partial charge in [0.15, 0.2) is 5.82 Å². The van der Waals surface area contributed by atoms with E-state index in [2.05, 4.69) is 40.6 Å². The number of amides is 2. The third-order valence-electron chi connectivity index (χ3n) is 4.89. The van der Waals surface area contributed by atoms with E-state index < -0.39 is 0 Å². The number of aromatic nitrogens is 2. The first kappa shape index (κ1) is 16.6. The highest BCUT2D eigenvalue weighted by molar-refractivity contribution is 6.00. The van der Waals surface area contributed by atoms with E-state index in [0.717, 1.165) is 22.0 Å². The molecule has 0 bridgehead atoms. The number of carbonyl (C=O) groups excluding carboxylic acids is 1. The fraction of sp³-hybridized carbons (Fsp3) is 0.300. The molecule has 1 aliphatic rings. The average molecular weight is 350 g/mol. The van der Waals surface area contributed by atoms with Crippen LogP contribution in [0.1, 0.15) is 18.4 Å². The van der Waals surface area contributed by atoms with Gasteiger partial charge >= 0.3 is 6.03 Å². The predicted molar refractivity (Wildman–Crippen MR) is 102 cm³/mol. The molecule has 1 aromatic heterocycles. The quantitative estimate of drug-likeness (QED) is 0.661. The van der Waals surface area contributed by atoms with Crippen molar-refractivity contribution < 1.29 is 9.90 Å². The molecule has 2 aromatic carbocycles. The number of hydrogen-bond acceptors (Lipinski definition) is 3. The number of aliphatic hydroxyl groups excluding tert-OH is 1. The largest absolute Gasteiger partial charge is 0.393 e. The number of H-pyrrole nitrogens is 1. The van der Waals surface area contributed by atoms with Gasteiger partial charge in [0, 0.05) is 18.5 Å². The third kappa shape index (κ3) is 3.28. The summed E-state index contributed by atoms with van der Waals surface area (Å²) < 4.78 is 0. The van der Waals surface area contributed by atoms with Crippen LogP contribution in [-0.4, -0.2) is 45.4 Å². The molecule has 0 unspecified atom stereocenters. The molecule has 0 atom stereocenters. The molecule has 1 fully saturated rings. The number of piperidine rings is 1. The van der Waals surface area contributed by atoms with E-state index in [4.69, 9.17) is 0 Å². The van der Waals surface area contributed by atoms with Crippen LogP contribution in [0.15, 0.2) is 42.5 Å². The molecule has 1 aliphatic heterocycles. The van der Waals surface area contributed by atoms with Crippen LogP contribution in [-0.2, 0) is 0 Å². The zero-order chi connectivity index (χ0) is 18.1. The third-order valence-corrected chi connectivity index (χ3v) is 4.89. The highest BCUT2D eigenvalue weighted by Crippen LogP contribution is 2.27. The van der Waals surface area contributed by atoms with Crippen molar-refractivity contribution in [1.82, 2.24) is 15.1 Å². The molecule has 6 nitrogen and oxygen atoms in total. The number of likely N-dealkylation sites (tertiary alicyclic amines) is 1. The van der Waals surface area contributed by atoms with Gasteiger partial charge in [-0.1, -0.05) is 35.9 Å². The highest BCUT2D eigenvalue weighted by atomic mass is 16.3. The number of aryl methyl sites for hydroxylation is 1. The Labute approximate surface area is 151 Å². The Hall–Kier alpha value is -2.86. The first-order valence-corrected chi connectivity index (χ1v) is 8.89. The molecule has 1 saturated heterocycles. The first-order valence-electron chi connectivity index (χ1n) is 8.89. The minimum Gasteiger partial charge on any atom is -0.393 e. The fourth-order valence-corrected chi connectivity index (χ4v) is 3.37. The summed E-state index contributed by atoms with van der Waals surface area (Å²) in [5.41, 5.74) is 4.35. The molecule has 0 spiro atoms. The molecule has 3 aromatic rings. The lowest BCUT2D eigenvalue weighted by Gasteiger charge is -2.29. The molecular formula is C20H22N4O2. The van der Waals surface area contributed by atoms with Crippen molar-refractivity contribution in [3.05, 3.63) is 48.0 Å². The number of aliphatic hydroxyl groups is 1. The van der Waals surface area contributed by atoms with Crippen molar-refractivity contribution in [2.45, 2.75) is 25.9 Å². The van der Waals surface area contributed by atoms with Gasteiger partial charge in [0.05, 0.1) is 11.6 Å². The van der Waals surface area contributed by atoms with Crippen molar-refractivity contribution in [3.63, 3.8) is 0 Å². The molecular weight excluding hydrogens is 328 g/mol. The van der Waals surface area contributed by atoms with Gasteiger partial charge in [0.1, 0.15) is 0 Å². The van der Waals surface area contributed by atoms with Crippen molar-refractivity contribution in [2.75, 3.05) is 18.4 Å². The summed E-state index contributed by atoms with van der Waals surface area (Å²) in [5.74, 6) is 0.534. The number of anilines is 1. The molecule has 3 N–H and O–H groups in total. The van der Waals surface area contributed by atoms with E-state index in [9.17, 15) is 9.90 Å². The number of rotatable bonds is 2. The van der Waals surface area contributed by atoms with E-state index in [1.807, 2.05) is 24.3 Å². The molecule has 0 radical (unpaired) electrons. The Morgan fingerprint density at radius 2 is 1.96 bits per heavy atom. The monoisotopic (exact) mass is 350 g/mol. The summed E-state index contributed by atoms with van der Waals surface area (Å²) in [6.07, 6.45) is 0.939. The van der Waals surface area contributed by atoms with Crippen LogP contribution in [0.2, 0.25) is 0 Å². The molecule has 134 valence electrons. The number of nitrogens with one attached hydrogen (secondary N) is 2. The average Bonchev–Trinajstić information content (AvgIpc) is 3.04. The van der Waals surface area contributed by atoms with E-state index in [1.54, 1.807) is 4.90 Å². The van der Waals surface area contributed by atoms with Crippen LogP contribution >= 0.6 is 0 Å². The van der Waals surface area contributed by atoms with Crippen LogP contribution < -0.4 is 5.32 Å². The van der Waals surface area contributed by atoms with Crippen molar-refractivity contribution >= 4 is 22.8 Å². The maximum atomic E-state index is 12.4. The SMILES string of the molecule is Cc1cccc(-c2ccc3c(NC(=O)N4CCC(O)CC4)n[nH]c3c2)c1. The number of urea groups is 1. The second-order valence-corrected chi connectivity index (χ2v) is 6.85. The number of hydrogen-bond donors (Lipinski definition) is 3. The number of aromatic amines is 1. The van der Waals surface area contributed by atoms with Gasteiger partial charge in [0.25, 0.3) is 0 Å². The maximum absolute atomic E-state index is 12.4. The summed E-state index contributed by atoms with van der Waals surface area (Å²) in [6, 6.07) is 14.2. The second kappa shape index (κ2) is 6.80. The molecule has 2 heterocycles. The fourth-order valence-electron chi connectivity index (χ4n) is 3.37. The number of nitrogens with zero attached hydrogens (tertiary/aromatic N) is 2.